The molecule has 0 saturated carbocycles. The zero-order chi connectivity index (χ0) is 7.71. The molecule has 0 unspecified atom stereocenters. The largest absolute Gasteiger partial charge is 0.373 e. The zero-order valence-corrected chi connectivity index (χ0v) is 3.37. The Morgan fingerprint density at radius 3 is 3.50 bits per heavy atom. The van der Waals surface area contributed by atoms with Gasteiger partial charge in [0, 0.05) is 7.04 Å². The van der Waals surface area contributed by atoms with Crippen molar-refractivity contribution in [3.63, 3.8) is 0 Å². The van der Waals surface area contributed by atoms with Gasteiger partial charge in [-0.2, -0.15) is 0 Å². The molecule has 0 N–H and O–H groups in total. The lowest BCUT2D eigenvalue weighted by atomic mass is 11.6. The summed E-state index contributed by atoms with van der Waals surface area (Å²) in [6, 6.07) is 0. The first-order valence-electron chi connectivity index (χ1n) is 3.10. The highest BCUT2D eigenvalue weighted by molar-refractivity contribution is 9.09. The summed E-state index contributed by atoms with van der Waals surface area (Å²) in [6.07, 6.45) is 0. The van der Waals surface area contributed by atoms with Gasteiger partial charge in [0.05, 0.1) is 6.85 Å². The van der Waals surface area contributed by atoms with Crippen molar-refractivity contribution in [2.75, 3.05) is 12.5 Å². The minimum Gasteiger partial charge on any atom is -0.373 e. The highest BCUT2D eigenvalue weighted by Crippen LogP contribution is 1.72. The van der Waals surface area contributed by atoms with Crippen molar-refractivity contribution in [1.29, 1.82) is 0 Å². The normalized spacial score (nSPS) is 32.8. The maximum absolute atomic E-state index is 6.59. The van der Waals surface area contributed by atoms with Crippen LogP contribution >= 0.6 is 15.9 Å². The Morgan fingerprint density at radius 1 is 2.75 bits per heavy atom. The first-order chi connectivity index (χ1) is 3.71. The molecule has 0 spiro atoms. The van der Waals surface area contributed by atoms with Crippen LogP contribution in [0.5, 0.6) is 0 Å². The lowest BCUT2D eigenvalue weighted by Crippen LogP contribution is -1.68. The summed E-state index contributed by atoms with van der Waals surface area (Å²) in [5, 5.41) is 0. The summed E-state index contributed by atoms with van der Waals surface area (Å²) in [5.74, 6) is 0. The highest BCUT2D eigenvalue weighted by atomic mass is 79.9. The molecule has 0 rings (SSSR count). The lowest BCUT2D eigenvalue weighted by Gasteiger charge is -1.74. The van der Waals surface area contributed by atoms with Crippen LogP contribution in [0.1, 0.15) is 6.85 Å². The molecular formula is C2H5BrO. The first-order valence-corrected chi connectivity index (χ1v) is 1.39. The van der Waals surface area contributed by atoms with E-state index in [4.69, 9.17) is 6.85 Å². The molecule has 0 aromatic heterocycles. The number of hydrogen-bond donors (Lipinski definition) is 0. The van der Waals surface area contributed by atoms with E-state index in [0.29, 0.717) is 0 Å². The number of methoxy groups -OCH3 is 1. The van der Waals surface area contributed by atoms with Gasteiger partial charge in [-0.05, 0) is 0 Å². The van der Waals surface area contributed by atoms with Crippen molar-refractivity contribution in [3.8, 4) is 0 Å². The minimum absolute atomic E-state index is 2.27. The Hall–Kier alpha value is 0.440. The van der Waals surface area contributed by atoms with Crippen LogP contribution in [0.3, 0.4) is 0 Å². The summed E-state index contributed by atoms with van der Waals surface area (Å²) in [4.78, 5) is 0. The zero-order valence-electron chi connectivity index (χ0n) is 6.79. The van der Waals surface area contributed by atoms with Crippen LogP contribution in [-0.4, -0.2) is 12.5 Å². The van der Waals surface area contributed by atoms with E-state index in [0.717, 1.165) is 0 Å². The van der Waals surface area contributed by atoms with Gasteiger partial charge in [-0.3, -0.25) is 0 Å². The summed E-state index contributed by atoms with van der Waals surface area (Å²) in [5.41, 5.74) is -2.27. The van der Waals surface area contributed by atoms with Crippen LogP contribution in [0, 0.1) is 0 Å². The number of halogens is 1. The molecule has 0 radical (unpaired) electrons. The molecule has 0 saturated heterocycles. The fourth-order valence-corrected chi connectivity index (χ4v) is 0. The van der Waals surface area contributed by atoms with E-state index >= 15 is 0 Å². The van der Waals surface area contributed by atoms with Crippen LogP contribution in [0.15, 0.2) is 0 Å². The van der Waals surface area contributed by atoms with Crippen molar-refractivity contribution in [1.82, 2.24) is 0 Å². The van der Waals surface area contributed by atoms with Crippen molar-refractivity contribution >= 4 is 15.9 Å². The number of hydrogen-bond acceptors (Lipinski definition) is 1. The monoisotopic (exact) mass is 129 g/mol. The Bertz CT molecular complexity index is 80.1. The molecule has 26 valence electrons. The summed E-state index contributed by atoms with van der Waals surface area (Å²) >= 11 is 2.37. The van der Waals surface area contributed by atoms with Crippen LogP contribution < -0.4 is 0 Å². The third kappa shape index (κ3) is 2.44. The quantitative estimate of drug-likeness (QED) is 0.481. The Kier molecular flexibility index (Phi) is 0.634. The summed E-state index contributed by atoms with van der Waals surface area (Å²) < 4.78 is 36.3. The van der Waals surface area contributed by atoms with Crippen molar-refractivity contribution < 1.29 is 11.6 Å². The minimum atomic E-state index is -2.69. The molecule has 0 amide bonds. The molecule has 0 aliphatic heterocycles. The molecule has 0 aromatic rings. The average molecular weight is 130 g/mol. The summed E-state index contributed by atoms with van der Waals surface area (Å²) in [7, 11) is -2.69. The maximum atomic E-state index is 6.59. The van der Waals surface area contributed by atoms with E-state index in [1.165, 1.54) is 0 Å². The second-order valence-corrected chi connectivity index (χ2v) is 0.503. The molecule has 0 aliphatic carbocycles. The van der Waals surface area contributed by atoms with Gasteiger partial charge in [-0.1, -0.05) is 15.9 Å². The smallest absolute Gasteiger partial charge is 0.101 e. The predicted octanol–water partition coefficient (Wildman–Crippen LogP) is 0.985. The molecule has 0 bridgehead atoms. The van der Waals surface area contributed by atoms with Gasteiger partial charge in [0.2, 0.25) is 0 Å². The second kappa shape index (κ2) is 3.44. The van der Waals surface area contributed by atoms with Crippen LogP contribution in [0.4, 0.5) is 0 Å². The van der Waals surface area contributed by atoms with E-state index in [9.17, 15) is 0 Å². The van der Waals surface area contributed by atoms with E-state index < -0.39 is 12.5 Å². The van der Waals surface area contributed by atoms with Crippen LogP contribution in [-0.2, 0) is 4.74 Å². The van der Waals surface area contributed by atoms with Crippen LogP contribution in [0.2, 0.25) is 0 Å². The van der Waals surface area contributed by atoms with E-state index in [1.54, 1.807) is 0 Å². The Labute approximate surface area is 41.1 Å². The predicted molar refractivity (Wildman–Crippen MR) is 20.8 cm³/mol. The fraction of sp³-hybridized carbons (Fsp3) is 1.00. The number of alkyl halides is 1. The van der Waals surface area contributed by atoms with Gasteiger partial charge in [0.1, 0.15) is 5.47 Å². The number of rotatable bonds is 1. The molecule has 1 nitrogen and oxygen atoms in total. The van der Waals surface area contributed by atoms with Gasteiger partial charge in [-0.15, -0.1) is 0 Å². The van der Waals surface area contributed by atoms with Crippen molar-refractivity contribution in [3.05, 3.63) is 0 Å². The fourth-order valence-electron chi connectivity index (χ4n) is 0. The molecule has 0 aliphatic rings. The molecule has 0 aromatic carbocycles. The molecule has 4 heavy (non-hydrogen) atoms. The van der Waals surface area contributed by atoms with Gasteiger partial charge in [-0.25, -0.2) is 0 Å². The third-order valence-corrected chi connectivity index (χ3v) is 0.200. The topological polar surface area (TPSA) is 9.23 Å². The number of ether oxygens (including phenoxy) is 1. The van der Waals surface area contributed by atoms with E-state index in [2.05, 4.69) is 20.7 Å². The van der Waals surface area contributed by atoms with Gasteiger partial charge in [0.15, 0.2) is 0 Å². The van der Waals surface area contributed by atoms with Crippen molar-refractivity contribution in [2.24, 2.45) is 0 Å². The van der Waals surface area contributed by atoms with Gasteiger partial charge in [0.25, 0.3) is 0 Å². The Balaban J connectivity index is 3.75. The van der Waals surface area contributed by atoms with Crippen molar-refractivity contribution in [2.45, 2.75) is 0 Å². The lowest BCUT2D eigenvalue weighted by molar-refractivity contribution is 0.263. The SMILES string of the molecule is [2H]C([2H])([2H])OC([2H])([2H])Br. The van der Waals surface area contributed by atoms with Crippen LogP contribution in [0.25, 0.3) is 0 Å². The second-order valence-electron chi connectivity index (χ2n) is 0.179. The Morgan fingerprint density at radius 2 is 3.50 bits per heavy atom. The summed E-state index contributed by atoms with van der Waals surface area (Å²) in [6.45, 7) is 0. The molecular weight excluding hydrogens is 120 g/mol. The molecule has 2 heteroatoms. The highest BCUT2D eigenvalue weighted by Gasteiger charge is 1.54. The van der Waals surface area contributed by atoms with Gasteiger partial charge < -0.3 is 4.74 Å². The average Bonchev–Trinajstić information content (AvgIpc) is 1.14. The molecule has 0 fully saturated rings. The maximum Gasteiger partial charge on any atom is 0.101 e. The molecule has 0 heterocycles. The molecule has 0 atom stereocenters. The van der Waals surface area contributed by atoms with E-state index in [1.807, 2.05) is 0 Å². The first kappa shape index (κ1) is 0.738. The van der Waals surface area contributed by atoms with E-state index in [-0.39, 0.29) is 0 Å². The van der Waals surface area contributed by atoms with Gasteiger partial charge >= 0.3 is 0 Å². The standard InChI is InChI=1S/C2H5BrO/c1-4-2-3/h2H2,1H3/i1D3,2D2. The third-order valence-electron chi connectivity index (χ3n) is 0.0386.